The molecule has 6 nitrogen and oxygen atoms in total. The fourth-order valence-corrected chi connectivity index (χ4v) is 3.25. The molecule has 3 N–H and O–H groups in total. The van der Waals surface area contributed by atoms with Crippen molar-refractivity contribution in [1.82, 2.24) is 9.62 Å². The van der Waals surface area contributed by atoms with Gasteiger partial charge in [0.25, 0.3) is 0 Å². The minimum atomic E-state index is -3.21. The molecule has 0 radical (unpaired) electrons. The molecule has 1 fully saturated rings. The topological polar surface area (TPSA) is 92.5 Å². The van der Waals surface area contributed by atoms with Gasteiger partial charge in [0, 0.05) is 19.1 Å². The number of nitrogens with two attached hydrogens (primary N) is 1. The van der Waals surface area contributed by atoms with Gasteiger partial charge in [-0.25, -0.2) is 13.1 Å². The van der Waals surface area contributed by atoms with Gasteiger partial charge in [0.2, 0.25) is 15.9 Å². The van der Waals surface area contributed by atoms with Crippen LogP contribution in [0.25, 0.3) is 0 Å². The smallest absolute Gasteiger partial charge is 0.231 e. The van der Waals surface area contributed by atoms with Gasteiger partial charge < -0.3 is 5.73 Å². The van der Waals surface area contributed by atoms with Crippen LogP contribution in [0.15, 0.2) is 0 Å². The molecular weight excluding hydrogens is 254 g/mol. The van der Waals surface area contributed by atoms with Gasteiger partial charge in [-0.15, -0.1) is 0 Å². The summed E-state index contributed by atoms with van der Waals surface area (Å²) >= 11 is 0. The van der Waals surface area contributed by atoms with Crippen LogP contribution in [0, 0.1) is 11.8 Å². The van der Waals surface area contributed by atoms with Crippen molar-refractivity contribution in [3.05, 3.63) is 0 Å². The van der Waals surface area contributed by atoms with Gasteiger partial charge in [0.15, 0.2) is 0 Å². The molecule has 0 aromatic carbocycles. The highest BCUT2D eigenvalue weighted by molar-refractivity contribution is 7.89. The average Bonchev–Trinajstić information content (AvgIpc) is 2.59. The van der Waals surface area contributed by atoms with Crippen molar-refractivity contribution in [2.45, 2.75) is 26.8 Å². The SMILES string of the molecule is CCS(=O)(=O)N[C@H]1CN(CC(N)=O)C[C@@H]1C(C)C. The van der Waals surface area contributed by atoms with Crippen molar-refractivity contribution in [3.63, 3.8) is 0 Å². The Morgan fingerprint density at radius 1 is 1.44 bits per heavy atom. The first kappa shape index (κ1) is 15.4. The van der Waals surface area contributed by atoms with E-state index in [2.05, 4.69) is 18.6 Å². The van der Waals surface area contributed by atoms with Gasteiger partial charge in [0.1, 0.15) is 0 Å². The fourth-order valence-electron chi connectivity index (χ4n) is 2.38. The molecule has 1 heterocycles. The second-order valence-corrected chi connectivity index (χ2v) is 7.24. The molecule has 18 heavy (non-hydrogen) atoms. The zero-order valence-corrected chi connectivity index (χ0v) is 12.0. The van der Waals surface area contributed by atoms with E-state index in [4.69, 9.17) is 5.73 Å². The Kier molecular flexibility index (Phi) is 5.12. The Hall–Kier alpha value is -0.660. The highest BCUT2D eigenvalue weighted by Gasteiger charge is 2.36. The number of carbonyl (C=O) groups is 1. The Balaban J connectivity index is 2.72. The molecule has 1 rings (SSSR count). The third kappa shape index (κ3) is 4.22. The fraction of sp³-hybridized carbons (Fsp3) is 0.909. The third-order valence-electron chi connectivity index (χ3n) is 3.39. The van der Waals surface area contributed by atoms with E-state index in [1.807, 2.05) is 4.90 Å². The van der Waals surface area contributed by atoms with Gasteiger partial charge in [-0.2, -0.15) is 0 Å². The number of amides is 1. The van der Waals surface area contributed by atoms with Crippen LogP contribution in [0.1, 0.15) is 20.8 Å². The molecule has 0 unspecified atom stereocenters. The first-order chi connectivity index (χ1) is 8.25. The number of hydrogen-bond acceptors (Lipinski definition) is 4. The maximum Gasteiger partial charge on any atom is 0.231 e. The van der Waals surface area contributed by atoms with E-state index < -0.39 is 10.0 Å². The van der Waals surface area contributed by atoms with Crippen LogP contribution in [-0.4, -0.2) is 50.7 Å². The lowest BCUT2D eigenvalue weighted by atomic mass is 9.92. The first-order valence-corrected chi connectivity index (χ1v) is 7.91. The summed E-state index contributed by atoms with van der Waals surface area (Å²) in [5, 5.41) is 0. The van der Waals surface area contributed by atoms with Crippen molar-refractivity contribution in [1.29, 1.82) is 0 Å². The molecular formula is C11H23N3O3S. The molecule has 1 aliphatic heterocycles. The second kappa shape index (κ2) is 5.99. The second-order valence-electron chi connectivity index (χ2n) is 5.20. The molecule has 1 saturated heterocycles. The van der Waals surface area contributed by atoms with Crippen LogP contribution in [0.3, 0.4) is 0 Å². The molecule has 106 valence electrons. The molecule has 0 spiro atoms. The van der Waals surface area contributed by atoms with Gasteiger partial charge >= 0.3 is 0 Å². The number of hydrogen-bond donors (Lipinski definition) is 2. The van der Waals surface area contributed by atoms with Crippen LogP contribution >= 0.6 is 0 Å². The number of primary amides is 1. The summed E-state index contributed by atoms with van der Waals surface area (Å²) in [6, 6.07) is -0.130. The largest absolute Gasteiger partial charge is 0.369 e. The predicted molar refractivity (Wildman–Crippen MR) is 70.3 cm³/mol. The maximum atomic E-state index is 11.6. The molecule has 1 amide bonds. The van der Waals surface area contributed by atoms with Crippen LogP contribution in [0.2, 0.25) is 0 Å². The Bertz CT molecular complexity index is 394. The monoisotopic (exact) mass is 277 g/mol. The number of likely N-dealkylation sites (tertiary alicyclic amines) is 1. The summed E-state index contributed by atoms with van der Waals surface area (Å²) < 4.78 is 26.0. The molecule has 0 aliphatic carbocycles. The van der Waals surface area contributed by atoms with Gasteiger partial charge in [-0.1, -0.05) is 13.8 Å². The molecule has 0 aromatic rings. The van der Waals surface area contributed by atoms with Crippen LogP contribution in [0.5, 0.6) is 0 Å². The Morgan fingerprint density at radius 2 is 2.06 bits per heavy atom. The average molecular weight is 277 g/mol. The quantitative estimate of drug-likeness (QED) is 0.676. The minimum Gasteiger partial charge on any atom is -0.369 e. The predicted octanol–water partition coefficient (Wildman–Crippen LogP) is -0.633. The number of sulfonamides is 1. The lowest BCUT2D eigenvalue weighted by Gasteiger charge is -2.22. The van der Waals surface area contributed by atoms with E-state index in [9.17, 15) is 13.2 Å². The van der Waals surface area contributed by atoms with Crippen LogP contribution in [0.4, 0.5) is 0 Å². The molecule has 0 saturated carbocycles. The van der Waals surface area contributed by atoms with E-state index in [0.29, 0.717) is 19.0 Å². The summed E-state index contributed by atoms with van der Waals surface area (Å²) in [6.45, 7) is 7.18. The number of carbonyl (C=O) groups excluding carboxylic acids is 1. The Morgan fingerprint density at radius 3 is 2.50 bits per heavy atom. The molecule has 2 atom stereocenters. The van der Waals surface area contributed by atoms with E-state index in [-0.39, 0.29) is 30.2 Å². The molecule has 7 heteroatoms. The first-order valence-electron chi connectivity index (χ1n) is 6.25. The molecule has 1 aliphatic rings. The van der Waals surface area contributed by atoms with E-state index in [1.165, 1.54) is 0 Å². The molecule has 0 bridgehead atoms. The van der Waals surface area contributed by atoms with E-state index >= 15 is 0 Å². The van der Waals surface area contributed by atoms with E-state index in [1.54, 1.807) is 6.92 Å². The van der Waals surface area contributed by atoms with Crippen molar-refractivity contribution < 1.29 is 13.2 Å². The minimum absolute atomic E-state index is 0.0735. The van der Waals surface area contributed by atoms with Crippen LogP contribution < -0.4 is 10.5 Å². The highest BCUT2D eigenvalue weighted by atomic mass is 32.2. The van der Waals surface area contributed by atoms with E-state index in [0.717, 1.165) is 0 Å². The zero-order valence-electron chi connectivity index (χ0n) is 11.2. The highest BCUT2D eigenvalue weighted by Crippen LogP contribution is 2.24. The van der Waals surface area contributed by atoms with Gasteiger partial charge in [-0.3, -0.25) is 9.69 Å². The lowest BCUT2D eigenvalue weighted by Crippen LogP contribution is -2.42. The van der Waals surface area contributed by atoms with Gasteiger partial charge in [0.05, 0.1) is 12.3 Å². The molecule has 0 aromatic heterocycles. The summed E-state index contributed by atoms with van der Waals surface area (Å²) in [4.78, 5) is 12.8. The maximum absolute atomic E-state index is 11.6. The zero-order chi connectivity index (χ0) is 13.9. The normalized spacial score (nSPS) is 25.8. The Labute approximate surface area is 109 Å². The summed E-state index contributed by atoms with van der Waals surface area (Å²) in [6.07, 6.45) is 0. The van der Waals surface area contributed by atoms with Crippen molar-refractivity contribution >= 4 is 15.9 Å². The van der Waals surface area contributed by atoms with Crippen molar-refractivity contribution in [2.24, 2.45) is 17.6 Å². The summed E-state index contributed by atoms with van der Waals surface area (Å²) in [7, 11) is -3.21. The lowest BCUT2D eigenvalue weighted by molar-refractivity contribution is -0.118. The number of nitrogens with one attached hydrogen (secondary N) is 1. The summed E-state index contributed by atoms with van der Waals surface area (Å²) in [5.74, 6) is 0.263. The number of nitrogens with zero attached hydrogens (tertiary/aromatic N) is 1. The van der Waals surface area contributed by atoms with Crippen molar-refractivity contribution in [3.8, 4) is 0 Å². The standard InChI is InChI=1S/C11H23N3O3S/c1-4-18(16,17)13-10-6-14(7-11(12)15)5-9(10)8(2)3/h8-10,13H,4-7H2,1-3H3,(H2,12,15)/t9-,10+/m1/s1. The van der Waals surface area contributed by atoms with Gasteiger partial charge in [-0.05, 0) is 18.8 Å². The van der Waals surface area contributed by atoms with Crippen molar-refractivity contribution in [2.75, 3.05) is 25.4 Å². The van der Waals surface area contributed by atoms with Crippen LogP contribution in [-0.2, 0) is 14.8 Å². The third-order valence-corrected chi connectivity index (χ3v) is 4.81. The number of rotatable bonds is 6. The summed E-state index contributed by atoms with van der Waals surface area (Å²) in [5.41, 5.74) is 5.17.